The molecule has 1 heterocycles. The number of hydrogen-bond donors (Lipinski definition) is 1. The van der Waals surface area contributed by atoms with Gasteiger partial charge in [0.15, 0.2) is 0 Å². The van der Waals surface area contributed by atoms with Gasteiger partial charge in [-0.25, -0.2) is 13.8 Å². The van der Waals surface area contributed by atoms with Crippen molar-refractivity contribution < 1.29 is 8.78 Å². The molecule has 0 bridgehead atoms. The first-order chi connectivity index (χ1) is 8.66. The maximum Gasteiger partial charge on any atom is 0.139 e. The summed E-state index contributed by atoms with van der Waals surface area (Å²) in [5, 5.41) is 0. The number of rotatable bonds is 0. The van der Waals surface area contributed by atoms with Gasteiger partial charge in [0.1, 0.15) is 11.6 Å². The first-order valence-corrected chi connectivity index (χ1v) is 6.23. The third-order valence-corrected chi connectivity index (χ3v) is 3.08. The maximum atomic E-state index is 12.3. The second kappa shape index (κ2) is 5.90. The number of H-pyrrole nitrogens is 1. The molecule has 0 aliphatic heterocycles. The molecular weight excluding hydrogens is 349 g/mol. The van der Waals surface area contributed by atoms with Gasteiger partial charge in [-0.1, -0.05) is 12.1 Å². The maximum absolute atomic E-state index is 12.3. The fourth-order valence-corrected chi connectivity index (χ4v) is 1.69. The fraction of sp³-hybridized carbons (Fsp3) is 0. The smallest absolute Gasteiger partial charge is 0.139 e. The lowest BCUT2D eigenvalue weighted by Gasteiger charge is -1.90. The van der Waals surface area contributed by atoms with Crippen molar-refractivity contribution >= 4 is 33.6 Å². The summed E-state index contributed by atoms with van der Waals surface area (Å²) in [5.41, 5.74) is 2.12. The van der Waals surface area contributed by atoms with Crippen LogP contribution in [0.4, 0.5) is 8.78 Å². The minimum atomic E-state index is -0.534. The molecule has 92 valence electrons. The van der Waals surface area contributed by atoms with Gasteiger partial charge in [0, 0.05) is 9.64 Å². The number of hydrogen-bond acceptors (Lipinski definition) is 1. The van der Waals surface area contributed by atoms with Gasteiger partial charge in [0.05, 0.1) is 17.4 Å². The molecule has 0 saturated heterocycles. The molecule has 0 atom stereocenters. The first-order valence-electron chi connectivity index (χ1n) is 5.15. The summed E-state index contributed by atoms with van der Waals surface area (Å²) in [7, 11) is 0. The zero-order valence-corrected chi connectivity index (χ0v) is 11.4. The van der Waals surface area contributed by atoms with E-state index >= 15 is 0 Å². The second-order valence-electron chi connectivity index (χ2n) is 3.48. The quantitative estimate of drug-likeness (QED) is 0.475. The highest BCUT2D eigenvalue weighted by Gasteiger charge is 1.97. The molecule has 2 nitrogen and oxygen atoms in total. The lowest BCUT2D eigenvalue weighted by molar-refractivity contribution is 0.578. The van der Waals surface area contributed by atoms with E-state index in [4.69, 9.17) is 0 Å². The van der Waals surface area contributed by atoms with Crippen molar-refractivity contribution in [3.63, 3.8) is 0 Å². The highest BCUT2D eigenvalue weighted by Crippen LogP contribution is 2.10. The van der Waals surface area contributed by atoms with Crippen LogP contribution in [0.1, 0.15) is 0 Å². The average Bonchev–Trinajstić information content (AvgIpc) is 2.83. The van der Waals surface area contributed by atoms with Crippen molar-refractivity contribution in [1.82, 2.24) is 9.97 Å². The molecule has 0 aliphatic rings. The Morgan fingerprint density at radius 2 is 1.83 bits per heavy atom. The van der Waals surface area contributed by atoms with Gasteiger partial charge in [0.2, 0.25) is 0 Å². The molecule has 1 N–H and O–H groups in total. The number of fused-ring (bicyclic) bond motifs is 1. The zero-order chi connectivity index (χ0) is 13.0. The van der Waals surface area contributed by atoms with E-state index in [-0.39, 0.29) is 0 Å². The largest absolute Gasteiger partial charge is 0.345 e. The van der Waals surface area contributed by atoms with Crippen LogP contribution in [-0.2, 0) is 0 Å². The number of benzene rings is 2. The van der Waals surface area contributed by atoms with Crippen LogP contribution in [0.15, 0.2) is 48.8 Å². The van der Waals surface area contributed by atoms with Crippen LogP contribution >= 0.6 is 22.6 Å². The summed E-state index contributed by atoms with van der Waals surface area (Å²) in [6.07, 6.45) is 1.70. The Morgan fingerprint density at radius 1 is 1.06 bits per heavy atom. The van der Waals surface area contributed by atoms with Gasteiger partial charge in [-0.3, -0.25) is 0 Å². The molecule has 5 heteroatoms. The number of para-hydroxylation sites is 2. The Hall–Kier alpha value is -1.50. The van der Waals surface area contributed by atoms with Crippen molar-refractivity contribution in [2.24, 2.45) is 0 Å². The SMILES string of the molecule is Fc1ccc(I)c(F)c1.c1ccc2[nH]cnc2c1. The van der Waals surface area contributed by atoms with Crippen molar-refractivity contribution in [3.05, 3.63) is 64.0 Å². The molecule has 0 radical (unpaired) electrons. The van der Waals surface area contributed by atoms with Crippen LogP contribution in [-0.4, -0.2) is 9.97 Å². The number of aromatic nitrogens is 2. The Morgan fingerprint density at radius 3 is 2.50 bits per heavy atom. The molecule has 1 aromatic heterocycles. The summed E-state index contributed by atoms with van der Waals surface area (Å²) in [5.74, 6) is -1.04. The Bertz CT molecular complexity index is 622. The molecule has 2 aromatic carbocycles. The van der Waals surface area contributed by atoms with Crippen molar-refractivity contribution in [2.75, 3.05) is 0 Å². The summed E-state index contributed by atoms with van der Waals surface area (Å²) in [6.45, 7) is 0. The summed E-state index contributed by atoms with van der Waals surface area (Å²) in [4.78, 5) is 7.07. The molecule has 3 rings (SSSR count). The van der Waals surface area contributed by atoms with Gasteiger partial charge < -0.3 is 4.98 Å². The van der Waals surface area contributed by atoms with Gasteiger partial charge in [-0.05, 0) is 46.9 Å². The van der Waals surface area contributed by atoms with Crippen molar-refractivity contribution in [3.8, 4) is 0 Å². The third kappa shape index (κ3) is 3.25. The van der Waals surface area contributed by atoms with Crippen molar-refractivity contribution in [1.29, 1.82) is 0 Å². The highest BCUT2D eigenvalue weighted by atomic mass is 127. The van der Waals surface area contributed by atoms with Crippen LogP contribution in [0.3, 0.4) is 0 Å². The summed E-state index contributed by atoms with van der Waals surface area (Å²) >= 11 is 1.80. The highest BCUT2D eigenvalue weighted by molar-refractivity contribution is 14.1. The van der Waals surface area contributed by atoms with E-state index in [0.717, 1.165) is 17.1 Å². The number of aromatic amines is 1. The van der Waals surface area contributed by atoms with Gasteiger partial charge in [-0.15, -0.1) is 0 Å². The van der Waals surface area contributed by atoms with E-state index in [1.807, 2.05) is 24.3 Å². The topological polar surface area (TPSA) is 28.7 Å². The van der Waals surface area contributed by atoms with Gasteiger partial charge in [0.25, 0.3) is 0 Å². The van der Waals surface area contributed by atoms with Crippen LogP contribution in [0.2, 0.25) is 0 Å². The molecule has 0 unspecified atom stereocenters. The molecule has 0 aliphatic carbocycles. The minimum Gasteiger partial charge on any atom is -0.345 e. The van der Waals surface area contributed by atoms with E-state index in [0.29, 0.717) is 3.57 Å². The monoisotopic (exact) mass is 358 g/mol. The van der Waals surface area contributed by atoms with Gasteiger partial charge in [-0.2, -0.15) is 0 Å². The van der Waals surface area contributed by atoms with Crippen LogP contribution in [0, 0.1) is 15.2 Å². The molecule has 0 saturated carbocycles. The molecular formula is C13H9F2IN2. The number of nitrogens with zero attached hydrogens (tertiary/aromatic N) is 1. The Kier molecular flexibility index (Phi) is 4.24. The molecule has 0 fully saturated rings. The number of nitrogens with one attached hydrogen (secondary N) is 1. The molecule has 0 amide bonds. The minimum absolute atomic E-state index is 0.439. The zero-order valence-electron chi connectivity index (χ0n) is 9.20. The summed E-state index contributed by atoms with van der Waals surface area (Å²) < 4.78 is 24.9. The normalized spacial score (nSPS) is 9.94. The molecule has 18 heavy (non-hydrogen) atoms. The fourth-order valence-electron chi connectivity index (χ4n) is 1.35. The number of imidazole rings is 1. The lowest BCUT2D eigenvalue weighted by Crippen LogP contribution is -1.81. The van der Waals surface area contributed by atoms with Gasteiger partial charge >= 0.3 is 0 Å². The van der Waals surface area contributed by atoms with Crippen LogP contribution in [0.5, 0.6) is 0 Å². The summed E-state index contributed by atoms with van der Waals surface area (Å²) in [6, 6.07) is 11.4. The van der Waals surface area contributed by atoms with E-state index in [2.05, 4.69) is 9.97 Å². The lowest BCUT2D eigenvalue weighted by atomic mass is 10.3. The van der Waals surface area contributed by atoms with Crippen LogP contribution in [0.25, 0.3) is 11.0 Å². The Labute approximate surface area is 116 Å². The van der Waals surface area contributed by atoms with Crippen molar-refractivity contribution in [2.45, 2.75) is 0 Å². The van der Waals surface area contributed by atoms with E-state index in [9.17, 15) is 8.78 Å². The van der Waals surface area contributed by atoms with Crippen LogP contribution < -0.4 is 0 Å². The average molecular weight is 358 g/mol. The predicted molar refractivity (Wildman–Crippen MR) is 75.2 cm³/mol. The predicted octanol–water partition coefficient (Wildman–Crippen LogP) is 4.13. The van der Waals surface area contributed by atoms with E-state index < -0.39 is 11.6 Å². The molecule has 0 spiro atoms. The number of halogens is 3. The van der Waals surface area contributed by atoms with E-state index in [1.165, 1.54) is 12.1 Å². The van der Waals surface area contributed by atoms with E-state index in [1.54, 1.807) is 28.9 Å². The first kappa shape index (κ1) is 12.9. The third-order valence-electron chi connectivity index (χ3n) is 2.21. The Balaban J connectivity index is 0.000000134. The standard InChI is InChI=1S/C7H6N2.C6H3F2I/c1-2-4-7-6(3-1)8-5-9-7;7-4-1-2-6(9)5(8)3-4/h1-5H,(H,8,9);1-3H. The molecule has 3 aromatic rings. The second-order valence-corrected chi connectivity index (χ2v) is 4.64.